The lowest BCUT2D eigenvalue weighted by Gasteiger charge is -2.23. The minimum Gasteiger partial charge on any atom is -0.103 e. The van der Waals surface area contributed by atoms with Gasteiger partial charge in [0.25, 0.3) is 0 Å². The lowest BCUT2D eigenvalue weighted by Crippen LogP contribution is -2.17. The second kappa shape index (κ2) is 12.1. The standard InChI is InChI=1S/C9H15Br6P/c10-1-7(13)4-16(5-8(14)2-11)6-9(15)3-12/h7-9H,1-6H2. The number of rotatable bonds is 9. The van der Waals surface area contributed by atoms with Gasteiger partial charge in [-0.25, -0.2) is 0 Å². The largest absolute Gasteiger partial charge is 0.103 e. The predicted octanol–water partition coefficient (Wildman–Crippen LogP) is 5.94. The van der Waals surface area contributed by atoms with E-state index in [0.717, 1.165) is 16.0 Å². The molecule has 0 bridgehead atoms. The number of halogens is 6. The fourth-order valence-electron chi connectivity index (χ4n) is 1.21. The van der Waals surface area contributed by atoms with E-state index in [1.54, 1.807) is 0 Å². The van der Waals surface area contributed by atoms with Crippen molar-refractivity contribution >= 4 is 104 Å². The average molecular weight is 634 g/mol. The van der Waals surface area contributed by atoms with Gasteiger partial charge in [0.05, 0.1) is 0 Å². The van der Waals surface area contributed by atoms with Crippen LogP contribution in [0.3, 0.4) is 0 Å². The van der Waals surface area contributed by atoms with Crippen LogP contribution in [0.25, 0.3) is 0 Å². The third-order valence-corrected chi connectivity index (χ3v) is 13.1. The summed E-state index contributed by atoms with van der Waals surface area (Å²) >= 11 is 21.7. The van der Waals surface area contributed by atoms with Crippen molar-refractivity contribution in [1.29, 1.82) is 0 Å². The summed E-state index contributed by atoms with van der Waals surface area (Å²) in [6, 6.07) is 0. The van der Waals surface area contributed by atoms with E-state index in [-0.39, 0.29) is 7.92 Å². The molecule has 0 aromatic carbocycles. The Hall–Kier alpha value is 3.31. The lowest BCUT2D eigenvalue weighted by molar-refractivity contribution is 1.09. The monoisotopic (exact) mass is 628 g/mol. The van der Waals surface area contributed by atoms with E-state index in [2.05, 4.69) is 95.6 Å². The molecule has 0 radical (unpaired) electrons. The first-order chi connectivity index (χ1) is 7.53. The topological polar surface area (TPSA) is 0 Å². The number of hydrogen-bond acceptors (Lipinski definition) is 0. The highest BCUT2D eigenvalue weighted by Crippen LogP contribution is 2.42. The summed E-state index contributed by atoms with van der Waals surface area (Å²) in [6.45, 7) is 0. The molecule has 16 heavy (non-hydrogen) atoms. The zero-order chi connectivity index (χ0) is 12.6. The molecule has 0 aromatic rings. The zero-order valence-corrected chi connectivity index (χ0v) is 19.1. The minimum absolute atomic E-state index is 0.0730. The Bertz CT molecular complexity index is 142. The number of hydrogen-bond donors (Lipinski definition) is 0. The summed E-state index contributed by atoms with van der Waals surface area (Å²) in [5.74, 6) is 0. The molecule has 98 valence electrons. The van der Waals surface area contributed by atoms with E-state index >= 15 is 0 Å². The highest BCUT2D eigenvalue weighted by molar-refractivity contribution is 9.12. The fraction of sp³-hybridized carbons (Fsp3) is 1.00. The second-order valence-corrected chi connectivity index (χ2v) is 11.7. The fourth-order valence-corrected chi connectivity index (χ4v) is 9.16. The third kappa shape index (κ3) is 10.1. The lowest BCUT2D eigenvalue weighted by atomic mass is 10.5. The van der Waals surface area contributed by atoms with Gasteiger partial charge < -0.3 is 0 Å². The molecular formula is C9H15Br6P. The molecule has 3 atom stereocenters. The Morgan fingerprint density at radius 2 is 0.875 bits per heavy atom. The summed E-state index contributed by atoms with van der Waals surface area (Å²) in [4.78, 5) is 1.80. The van der Waals surface area contributed by atoms with Crippen LogP contribution in [0, 0.1) is 0 Å². The van der Waals surface area contributed by atoms with Crippen molar-refractivity contribution in [3.05, 3.63) is 0 Å². The van der Waals surface area contributed by atoms with E-state index < -0.39 is 0 Å². The molecule has 0 rings (SSSR count). The summed E-state index contributed by atoms with van der Waals surface area (Å²) in [5.41, 5.74) is 0. The van der Waals surface area contributed by atoms with Crippen LogP contribution in [0.1, 0.15) is 0 Å². The summed E-state index contributed by atoms with van der Waals surface area (Å²) < 4.78 is 0. The Balaban J connectivity index is 4.15. The van der Waals surface area contributed by atoms with Gasteiger partial charge in [-0.3, -0.25) is 0 Å². The Labute approximate surface area is 150 Å². The van der Waals surface area contributed by atoms with Crippen LogP contribution in [-0.4, -0.2) is 49.0 Å². The normalized spacial score (nSPS) is 19.1. The SMILES string of the molecule is BrCC(Br)CP(CC(Br)CBr)CC(Br)CBr. The minimum atomic E-state index is 0.0730. The van der Waals surface area contributed by atoms with Crippen LogP contribution >= 0.6 is 104 Å². The van der Waals surface area contributed by atoms with Gasteiger partial charge in [0.15, 0.2) is 0 Å². The Kier molecular flexibility index (Phi) is 14.6. The van der Waals surface area contributed by atoms with Gasteiger partial charge in [-0.15, -0.1) is 7.92 Å². The van der Waals surface area contributed by atoms with Gasteiger partial charge in [-0.2, -0.15) is 0 Å². The van der Waals surface area contributed by atoms with E-state index in [1.807, 2.05) is 0 Å². The molecule has 0 aliphatic heterocycles. The van der Waals surface area contributed by atoms with E-state index in [1.165, 1.54) is 18.5 Å². The van der Waals surface area contributed by atoms with Gasteiger partial charge in [0.1, 0.15) is 0 Å². The molecule has 0 heterocycles. The van der Waals surface area contributed by atoms with Gasteiger partial charge in [-0.1, -0.05) is 95.6 Å². The summed E-state index contributed by atoms with van der Waals surface area (Å²) in [7, 11) is 0.0730. The van der Waals surface area contributed by atoms with Crippen molar-refractivity contribution < 1.29 is 0 Å². The molecule has 0 nitrogen and oxygen atoms in total. The molecule has 3 unspecified atom stereocenters. The molecule has 0 amide bonds. The molecule has 7 heteroatoms. The van der Waals surface area contributed by atoms with Crippen molar-refractivity contribution in [2.75, 3.05) is 34.5 Å². The highest BCUT2D eigenvalue weighted by atomic mass is 79.9. The second-order valence-electron chi connectivity index (χ2n) is 3.47. The molecule has 0 aromatic heterocycles. The Morgan fingerprint density at radius 1 is 0.625 bits per heavy atom. The van der Waals surface area contributed by atoms with E-state index in [4.69, 9.17) is 0 Å². The van der Waals surface area contributed by atoms with Crippen LogP contribution in [0.4, 0.5) is 0 Å². The molecule has 0 saturated heterocycles. The predicted molar refractivity (Wildman–Crippen MR) is 101 cm³/mol. The summed E-state index contributed by atoms with van der Waals surface area (Å²) in [5, 5.41) is 3.11. The van der Waals surface area contributed by atoms with E-state index in [0.29, 0.717) is 14.5 Å². The quantitative estimate of drug-likeness (QED) is 0.218. The third-order valence-electron chi connectivity index (χ3n) is 1.87. The first kappa shape index (κ1) is 19.3. The van der Waals surface area contributed by atoms with Gasteiger partial charge in [0.2, 0.25) is 0 Å². The maximum atomic E-state index is 3.72. The number of alkyl halides is 6. The first-order valence-corrected chi connectivity index (χ1v) is 12.9. The average Bonchev–Trinajstić information content (AvgIpc) is 2.28. The van der Waals surface area contributed by atoms with Crippen molar-refractivity contribution in [2.45, 2.75) is 14.5 Å². The molecule has 0 aliphatic rings. The molecular weight excluding hydrogens is 618 g/mol. The van der Waals surface area contributed by atoms with Crippen LogP contribution in [0.15, 0.2) is 0 Å². The molecule has 0 spiro atoms. The maximum Gasteiger partial charge on any atom is 0.0281 e. The molecule has 0 N–H and O–H groups in total. The van der Waals surface area contributed by atoms with Gasteiger partial charge in [-0.05, 0) is 18.5 Å². The van der Waals surface area contributed by atoms with Crippen LogP contribution < -0.4 is 0 Å². The van der Waals surface area contributed by atoms with Crippen molar-refractivity contribution in [3.63, 3.8) is 0 Å². The smallest absolute Gasteiger partial charge is 0.0281 e. The van der Waals surface area contributed by atoms with E-state index in [9.17, 15) is 0 Å². The molecule has 0 saturated carbocycles. The van der Waals surface area contributed by atoms with Crippen molar-refractivity contribution in [2.24, 2.45) is 0 Å². The van der Waals surface area contributed by atoms with Gasteiger partial charge >= 0.3 is 0 Å². The Morgan fingerprint density at radius 3 is 1.06 bits per heavy atom. The highest BCUT2D eigenvalue weighted by Gasteiger charge is 2.19. The van der Waals surface area contributed by atoms with Crippen LogP contribution in [0.5, 0.6) is 0 Å². The van der Waals surface area contributed by atoms with Crippen LogP contribution in [-0.2, 0) is 0 Å². The maximum absolute atomic E-state index is 3.72. The van der Waals surface area contributed by atoms with Crippen molar-refractivity contribution in [3.8, 4) is 0 Å². The first-order valence-electron chi connectivity index (χ1n) is 4.85. The van der Waals surface area contributed by atoms with Crippen LogP contribution in [0.2, 0.25) is 0 Å². The van der Waals surface area contributed by atoms with Crippen molar-refractivity contribution in [1.82, 2.24) is 0 Å². The zero-order valence-electron chi connectivity index (χ0n) is 8.69. The summed E-state index contributed by atoms with van der Waals surface area (Å²) in [6.07, 6.45) is 3.85. The molecule has 0 aliphatic carbocycles. The molecule has 0 fully saturated rings. The van der Waals surface area contributed by atoms with Gasteiger partial charge in [0, 0.05) is 30.5 Å².